The highest BCUT2D eigenvalue weighted by molar-refractivity contribution is 4.72. The summed E-state index contributed by atoms with van der Waals surface area (Å²) >= 11 is 0. The van der Waals surface area contributed by atoms with Crippen LogP contribution in [0.1, 0.15) is 34.1 Å². The minimum absolute atomic E-state index is 0.111. The first-order chi connectivity index (χ1) is 6.39. The molecule has 1 unspecified atom stereocenters. The van der Waals surface area contributed by atoms with Crippen molar-refractivity contribution < 1.29 is 14.2 Å². The molecule has 0 saturated carbocycles. The van der Waals surface area contributed by atoms with Gasteiger partial charge in [0.15, 0.2) is 0 Å². The number of alkyl halides is 1. The molecule has 0 spiro atoms. The molecular weight excluding hydrogens is 183 g/mol. The van der Waals surface area contributed by atoms with Crippen LogP contribution in [0.5, 0.6) is 0 Å². The number of hydrogen-bond acceptors (Lipinski definition) is 2. The van der Waals surface area contributed by atoms with Gasteiger partial charge in [-0.25, -0.2) is 0 Å². The van der Waals surface area contributed by atoms with Gasteiger partial charge in [-0.2, -0.15) is 0 Å². The van der Waals surface area contributed by atoms with Crippen molar-refractivity contribution in [1.82, 2.24) is 0 Å². The Bertz CT molecular complexity index is 153. The van der Waals surface area contributed by atoms with Crippen molar-refractivity contribution in [3.05, 3.63) is 0 Å². The van der Waals surface area contributed by atoms with Crippen LogP contribution in [-0.4, -0.2) is 31.6 Å². The van der Waals surface area contributed by atoms with E-state index in [0.717, 1.165) is 6.42 Å². The van der Waals surface area contributed by atoms with Crippen LogP contribution in [0.25, 0.3) is 0 Å². The van der Waals surface area contributed by atoms with E-state index in [-0.39, 0.29) is 18.7 Å². The van der Waals surface area contributed by atoms with Gasteiger partial charge in [0.2, 0.25) is 0 Å². The average molecular weight is 206 g/mol. The molecule has 0 aromatic heterocycles. The summed E-state index contributed by atoms with van der Waals surface area (Å²) in [5.74, 6) is 0. The predicted octanol–water partition coefficient (Wildman–Crippen LogP) is 2.41. The van der Waals surface area contributed by atoms with Crippen LogP contribution in [0.2, 0.25) is 0 Å². The molecule has 14 heavy (non-hydrogen) atoms. The van der Waals surface area contributed by atoms with E-state index < -0.39 is 5.41 Å². The van der Waals surface area contributed by atoms with Crippen LogP contribution >= 0.6 is 0 Å². The Morgan fingerprint density at radius 3 is 2.14 bits per heavy atom. The van der Waals surface area contributed by atoms with Gasteiger partial charge < -0.3 is 9.84 Å². The van der Waals surface area contributed by atoms with Crippen molar-refractivity contribution in [3.63, 3.8) is 0 Å². The lowest BCUT2D eigenvalue weighted by atomic mass is 9.89. The van der Waals surface area contributed by atoms with Gasteiger partial charge >= 0.3 is 0 Å². The minimum Gasteiger partial charge on any atom is -0.396 e. The maximum absolute atomic E-state index is 12.4. The predicted molar refractivity (Wildman–Crippen MR) is 56.1 cm³/mol. The van der Waals surface area contributed by atoms with E-state index in [0.29, 0.717) is 13.2 Å². The lowest BCUT2D eigenvalue weighted by Crippen LogP contribution is -2.30. The van der Waals surface area contributed by atoms with Gasteiger partial charge in [-0.15, -0.1) is 0 Å². The number of aliphatic hydroxyl groups excluding tert-OH is 1. The molecule has 0 radical (unpaired) electrons. The van der Waals surface area contributed by atoms with Crippen LogP contribution in [0.3, 0.4) is 0 Å². The molecule has 2 nitrogen and oxygen atoms in total. The summed E-state index contributed by atoms with van der Waals surface area (Å²) < 4.78 is 17.9. The number of ether oxygens (including phenoxy) is 1. The smallest absolute Gasteiger partial charge is 0.0967 e. The van der Waals surface area contributed by atoms with Gasteiger partial charge in [0, 0.05) is 10.8 Å². The van der Waals surface area contributed by atoms with Crippen molar-refractivity contribution in [1.29, 1.82) is 0 Å². The number of halogens is 1. The van der Waals surface area contributed by atoms with Gasteiger partial charge in [-0.05, 0) is 6.42 Å². The Morgan fingerprint density at radius 2 is 1.79 bits per heavy atom. The summed E-state index contributed by atoms with van der Waals surface area (Å²) in [6, 6.07) is 0. The van der Waals surface area contributed by atoms with E-state index in [2.05, 4.69) is 0 Å². The van der Waals surface area contributed by atoms with Crippen molar-refractivity contribution in [3.8, 4) is 0 Å². The largest absolute Gasteiger partial charge is 0.396 e. The van der Waals surface area contributed by atoms with Gasteiger partial charge in [0.25, 0.3) is 0 Å². The van der Waals surface area contributed by atoms with Crippen molar-refractivity contribution in [2.45, 2.75) is 34.1 Å². The molecule has 0 aromatic carbocycles. The highest BCUT2D eigenvalue weighted by Gasteiger charge is 2.24. The fraction of sp³-hybridized carbons (Fsp3) is 1.00. The molecule has 1 N–H and O–H groups in total. The van der Waals surface area contributed by atoms with Gasteiger partial charge in [0.05, 0.1) is 26.5 Å². The molecule has 0 heterocycles. The second-order valence-electron chi connectivity index (χ2n) is 5.11. The second-order valence-corrected chi connectivity index (χ2v) is 5.11. The van der Waals surface area contributed by atoms with E-state index in [1.807, 2.05) is 27.7 Å². The average Bonchev–Trinajstić information content (AvgIpc) is 2.17. The third-order valence-corrected chi connectivity index (χ3v) is 2.54. The normalized spacial score (nSPS) is 16.7. The number of rotatable bonds is 7. The van der Waals surface area contributed by atoms with Crippen molar-refractivity contribution in [2.75, 3.05) is 26.5 Å². The minimum atomic E-state index is -0.413. The fourth-order valence-corrected chi connectivity index (χ4v) is 0.872. The summed E-state index contributed by atoms with van der Waals surface area (Å²) in [6.07, 6.45) is 0.861. The van der Waals surface area contributed by atoms with Gasteiger partial charge in [-0.1, -0.05) is 27.7 Å². The molecule has 0 saturated heterocycles. The standard InChI is InChI=1S/C11H23FO2/c1-5-11(4,7-13)9-14-8-10(2,3)6-12/h13H,5-9H2,1-4H3. The Hall–Kier alpha value is -0.150. The molecule has 0 aliphatic heterocycles. The molecule has 0 fully saturated rings. The molecule has 0 rings (SSSR count). The van der Waals surface area contributed by atoms with Crippen molar-refractivity contribution >= 4 is 0 Å². The third-order valence-electron chi connectivity index (χ3n) is 2.54. The van der Waals surface area contributed by atoms with Crippen LogP contribution in [0.15, 0.2) is 0 Å². The molecular formula is C11H23FO2. The quantitative estimate of drug-likeness (QED) is 0.693. The molecule has 1 atom stereocenters. The zero-order chi connectivity index (χ0) is 11.2. The fourth-order valence-electron chi connectivity index (χ4n) is 0.872. The van der Waals surface area contributed by atoms with E-state index in [4.69, 9.17) is 9.84 Å². The van der Waals surface area contributed by atoms with Crippen LogP contribution in [-0.2, 0) is 4.74 Å². The van der Waals surface area contributed by atoms with Gasteiger partial charge in [0.1, 0.15) is 0 Å². The molecule has 86 valence electrons. The first-order valence-electron chi connectivity index (χ1n) is 5.14. The first kappa shape index (κ1) is 13.8. The second kappa shape index (κ2) is 5.66. The maximum atomic E-state index is 12.4. The molecule has 0 amide bonds. The summed E-state index contributed by atoms with van der Waals surface area (Å²) in [4.78, 5) is 0. The molecule has 0 bridgehead atoms. The van der Waals surface area contributed by atoms with E-state index in [9.17, 15) is 4.39 Å². The van der Waals surface area contributed by atoms with Crippen LogP contribution in [0.4, 0.5) is 4.39 Å². The monoisotopic (exact) mass is 206 g/mol. The summed E-state index contributed by atoms with van der Waals surface area (Å²) in [7, 11) is 0. The summed E-state index contributed by atoms with van der Waals surface area (Å²) in [6.45, 7) is 8.26. The summed E-state index contributed by atoms with van der Waals surface area (Å²) in [5.41, 5.74) is -0.601. The third kappa shape index (κ3) is 4.91. The molecule has 0 aliphatic rings. The Labute approximate surface area is 86.5 Å². The van der Waals surface area contributed by atoms with E-state index in [1.54, 1.807) is 0 Å². The Morgan fingerprint density at radius 1 is 1.21 bits per heavy atom. The molecule has 0 aliphatic carbocycles. The maximum Gasteiger partial charge on any atom is 0.0967 e. The van der Waals surface area contributed by atoms with Gasteiger partial charge in [-0.3, -0.25) is 4.39 Å². The van der Waals surface area contributed by atoms with Crippen molar-refractivity contribution in [2.24, 2.45) is 10.8 Å². The van der Waals surface area contributed by atoms with E-state index in [1.165, 1.54) is 0 Å². The van der Waals surface area contributed by atoms with Crippen LogP contribution < -0.4 is 0 Å². The highest BCUT2D eigenvalue weighted by Crippen LogP contribution is 2.22. The first-order valence-corrected chi connectivity index (χ1v) is 5.14. The van der Waals surface area contributed by atoms with Crippen LogP contribution in [0, 0.1) is 10.8 Å². The number of aliphatic hydroxyl groups is 1. The zero-order valence-corrected chi connectivity index (χ0v) is 9.77. The Balaban J connectivity index is 3.83. The Kier molecular flexibility index (Phi) is 5.60. The number of hydrogen-bond donors (Lipinski definition) is 1. The lowest BCUT2D eigenvalue weighted by Gasteiger charge is -2.28. The zero-order valence-electron chi connectivity index (χ0n) is 9.77. The molecule has 0 aromatic rings. The SMILES string of the molecule is CCC(C)(CO)COCC(C)(C)CF. The summed E-state index contributed by atoms with van der Waals surface area (Å²) in [5, 5.41) is 9.12. The van der Waals surface area contributed by atoms with E-state index >= 15 is 0 Å². The lowest BCUT2D eigenvalue weighted by molar-refractivity contribution is -0.0202. The topological polar surface area (TPSA) is 29.5 Å². The molecule has 3 heteroatoms. The highest BCUT2D eigenvalue weighted by atomic mass is 19.1.